The van der Waals surface area contributed by atoms with Gasteiger partial charge in [0.1, 0.15) is 9.88 Å². The van der Waals surface area contributed by atoms with E-state index in [0.29, 0.717) is 12.5 Å². The Labute approximate surface area is 123 Å². The first-order valence-electron chi connectivity index (χ1n) is 5.73. The summed E-state index contributed by atoms with van der Waals surface area (Å²) < 4.78 is 10.5. The van der Waals surface area contributed by atoms with E-state index in [1.807, 2.05) is 12.1 Å². The molecule has 20 heavy (non-hydrogen) atoms. The van der Waals surface area contributed by atoms with Gasteiger partial charge in [-0.2, -0.15) is 0 Å². The summed E-state index contributed by atoms with van der Waals surface area (Å²) in [6, 6.07) is 3.82. The number of H-pyrrole nitrogens is 1. The fourth-order valence-electron chi connectivity index (χ4n) is 1.69. The van der Waals surface area contributed by atoms with Gasteiger partial charge >= 0.3 is 0 Å². The van der Waals surface area contributed by atoms with Crippen molar-refractivity contribution in [1.29, 1.82) is 0 Å². The van der Waals surface area contributed by atoms with Crippen molar-refractivity contribution in [2.24, 2.45) is 0 Å². The number of nitrogens with one attached hydrogen (secondary N) is 1. The number of pyridine rings is 1. The lowest BCUT2D eigenvalue weighted by Gasteiger charge is -1.95. The average Bonchev–Trinajstić information content (AvgIpc) is 3.07. The number of nitrogens with zero attached hydrogens (tertiary/aromatic N) is 3. The first-order chi connectivity index (χ1) is 9.78. The third kappa shape index (κ3) is 2.53. The summed E-state index contributed by atoms with van der Waals surface area (Å²) in [4.78, 5) is 9.70. The molecule has 0 spiro atoms. The van der Waals surface area contributed by atoms with E-state index >= 15 is 0 Å². The molecule has 0 bridgehead atoms. The van der Waals surface area contributed by atoms with Crippen molar-refractivity contribution in [3.8, 4) is 21.3 Å². The molecule has 0 aliphatic heterocycles. The van der Waals surface area contributed by atoms with Crippen LogP contribution in [0, 0.1) is 4.84 Å². The van der Waals surface area contributed by atoms with Crippen molar-refractivity contribution < 1.29 is 9.15 Å². The van der Waals surface area contributed by atoms with Crippen LogP contribution in [-0.2, 0) is 11.3 Å². The molecular formula is C12H10N4O2S2. The molecule has 3 rings (SSSR count). The third-order valence-electron chi connectivity index (χ3n) is 2.52. The number of rotatable bonds is 4. The number of aromatic amines is 1. The molecule has 0 fully saturated rings. The zero-order valence-electron chi connectivity index (χ0n) is 10.5. The van der Waals surface area contributed by atoms with Crippen LogP contribution in [0.25, 0.3) is 21.3 Å². The highest BCUT2D eigenvalue weighted by molar-refractivity contribution is 7.71. The van der Waals surface area contributed by atoms with Gasteiger partial charge in [0.05, 0.1) is 12.3 Å². The Bertz CT molecular complexity index is 763. The molecule has 8 heteroatoms. The van der Waals surface area contributed by atoms with Gasteiger partial charge in [-0.1, -0.05) is 0 Å². The van der Waals surface area contributed by atoms with Crippen molar-refractivity contribution in [1.82, 2.24) is 20.2 Å². The molecule has 3 aromatic rings. The van der Waals surface area contributed by atoms with Gasteiger partial charge in [-0.3, -0.25) is 4.98 Å². The van der Waals surface area contributed by atoms with Gasteiger partial charge < -0.3 is 9.15 Å². The van der Waals surface area contributed by atoms with Crippen LogP contribution >= 0.6 is 23.6 Å². The molecule has 102 valence electrons. The lowest BCUT2D eigenvalue weighted by molar-refractivity contribution is 0.182. The molecule has 0 unspecified atom stereocenters. The van der Waals surface area contributed by atoms with E-state index in [1.54, 1.807) is 19.5 Å². The molecule has 0 saturated carbocycles. The highest BCUT2D eigenvalue weighted by atomic mass is 32.1. The number of hydrogen-bond acceptors (Lipinski definition) is 7. The quantitative estimate of drug-likeness (QED) is 0.746. The first-order valence-corrected chi connectivity index (χ1v) is 6.95. The van der Waals surface area contributed by atoms with Crippen molar-refractivity contribution in [3.05, 3.63) is 35.1 Å². The van der Waals surface area contributed by atoms with Gasteiger partial charge in [-0.25, -0.2) is 10.1 Å². The Morgan fingerprint density at radius 3 is 3.05 bits per heavy atom. The van der Waals surface area contributed by atoms with Gasteiger partial charge in [-0.15, -0.1) is 16.4 Å². The normalized spacial score (nSPS) is 10.8. The number of aromatic nitrogens is 4. The van der Waals surface area contributed by atoms with Crippen LogP contribution in [0.4, 0.5) is 0 Å². The summed E-state index contributed by atoms with van der Waals surface area (Å²) in [5, 5.41) is 7.49. The summed E-state index contributed by atoms with van der Waals surface area (Å²) in [7, 11) is 1.62. The van der Waals surface area contributed by atoms with E-state index in [2.05, 4.69) is 20.2 Å². The van der Waals surface area contributed by atoms with E-state index in [1.165, 1.54) is 11.3 Å². The lowest BCUT2D eigenvalue weighted by Crippen LogP contribution is -1.90. The van der Waals surface area contributed by atoms with Crippen LogP contribution in [-0.4, -0.2) is 27.3 Å². The Kier molecular flexibility index (Phi) is 3.68. The van der Waals surface area contributed by atoms with E-state index in [-0.39, 0.29) is 4.84 Å². The SMILES string of the molecule is COCc1nc(-c2cccnc2)sc1-c1n[nH]c(=S)o1. The number of thiazole rings is 1. The second kappa shape index (κ2) is 5.61. The van der Waals surface area contributed by atoms with Gasteiger partial charge in [0.2, 0.25) is 0 Å². The molecule has 0 radical (unpaired) electrons. The van der Waals surface area contributed by atoms with Gasteiger partial charge in [0, 0.05) is 25.1 Å². The topological polar surface area (TPSA) is 76.8 Å². The molecule has 1 N–H and O–H groups in total. The molecule has 6 nitrogen and oxygen atoms in total. The monoisotopic (exact) mass is 306 g/mol. The van der Waals surface area contributed by atoms with Crippen LogP contribution in [0.15, 0.2) is 28.9 Å². The average molecular weight is 306 g/mol. The van der Waals surface area contributed by atoms with E-state index in [9.17, 15) is 0 Å². The van der Waals surface area contributed by atoms with E-state index in [0.717, 1.165) is 21.1 Å². The molecule has 0 aliphatic carbocycles. The highest BCUT2D eigenvalue weighted by Crippen LogP contribution is 2.34. The maximum atomic E-state index is 5.35. The van der Waals surface area contributed by atoms with Crippen LogP contribution in [0.2, 0.25) is 0 Å². The second-order valence-electron chi connectivity index (χ2n) is 3.89. The molecule has 0 atom stereocenters. The second-order valence-corrected chi connectivity index (χ2v) is 5.26. The molecule has 3 aromatic heterocycles. The lowest BCUT2D eigenvalue weighted by atomic mass is 10.3. The summed E-state index contributed by atoms with van der Waals surface area (Å²) in [6.45, 7) is 0.376. The largest absolute Gasteiger partial charge is 0.408 e. The molecule has 3 heterocycles. The Hall–Kier alpha value is -1.90. The van der Waals surface area contributed by atoms with Crippen LogP contribution in [0.3, 0.4) is 0 Å². The maximum absolute atomic E-state index is 5.35. The zero-order chi connectivity index (χ0) is 13.9. The van der Waals surface area contributed by atoms with Crippen molar-refractivity contribution >= 4 is 23.6 Å². The minimum Gasteiger partial charge on any atom is -0.408 e. The number of hydrogen-bond donors (Lipinski definition) is 1. The van der Waals surface area contributed by atoms with Crippen LogP contribution in [0.1, 0.15) is 5.69 Å². The first kappa shape index (κ1) is 13.1. The van der Waals surface area contributed by atoms with Gasteiger partial charge in [0.15, 0.2) is 0 Å². The maximum Gasteiger partial charge on any atom is 0.284 e. The Morgan fingerprint density at radius 2 is 2.40 bits per heavy atom. The fraction of sp³-hybridized carbons (Fsp3) is 0.167. The van der Waals surface area contributed by atoms with Crippen molar-refractivity contribution in [2.75, 3.05) is 7.11 Å². The number of ether oxygens (including phenoxy) is 1. The van der Waals surface area contributed by atoms with Crippen molar-refractivity contribution in [3.63, 3.8) is 0 Å². The van der Waals surface area contributed by atoms with Crippen molar-refractivity contribution in [2.45, 2.75) is 6.61 Å². The Balaban J connectivity index is 2.09. The zero-order valence-corrected chi connectivity index (χ0v) is 12.1. The molecule has 0 amide bonds. The predicted molar refractivity (Wildman–Crippen MR) is 76.7 cm³/mol. The minimum absolute atomic E-state index is 0.236. The van der Waals surface area contributed by atoms with E-state index in [4.69, 9.17) is 21.4 Å². The number of methoxy groups -OCH3 is 1. The molecule has 0 aliphatic rings. The van der Waals surface area contributed by atoms with Crippen LogP contribution in [0.5, 0.6) is 0 Å². The molecular weight excluding hydrogens is 296 g/mol. The van der Waals surface area contributed by atoms with E-state index < -0.39 is 0 Å². The smallest absolute Gasteiger partial charge is 0.284 e. The highest BCUT2D eigenvalue weighted by Gasteiger charge is 2.18. The summed E-state index contributed by atoms with van der Waals surface area (Å²) in [5.41, 5.74) is 1.71. The summed E-state index contributed by atoms with van der Waals surface area (Å²) in [5.74, 6) is 0.426. The predicted octanol–water partition coefficient (Wildman–Crippen LogP) is 3.06. The van der Waals surface area contributed by atoms with Gasteiger partial charge in [-0.05, 0) is 24.4 Å². The fourth-order valence-corrected chi connectivity index (χ4v) is 2.80. The Morgan fingerprint density at radius 1 is 1.50 bits per heavy atom. The molecule has 0 saturated heterocycles. The van der Waals surface area contributed by atoms with Gasteiger partial charge in [0.25, 0.3) is 10.7 Å². The molecule has 0 aromatic carbocycles. The summed E-state index contributed by atoms with van der Waals surface area (Å²) >= 11 is 6.36. The standard InChI is InChI=1S/C12H10N4O2S2/c1-17-6-8-9(10-15-16-12(19)18-10)20-11(14-8)7-3-2-4-13-5-7/h2-5H,6H2,1H3,(H,16,19). The summed E-state index contributed by atoms with van der Waals surface area (Å²) in [6.07, 6.45) is 3.49. The third-order valence-corrected chi connectivity index (χ3v) is 3.83. The minimum atomic E-state index is 0.236. The van der Waals surface area contributed by atoms with Crippen LogP contribution < -0.4 is 0 Å².